The fraction of sp³-hybridized carbons (Fsp3) is 0.647. The molecule has 112 valence electrons. The zero-order valence-electron chi connectivity index (χ0n) is 12.8. The molecule has 0 bridgehead atoms. The van der Waals surface area contributed by atoms with Crippen LogP contribution in [0.4, 0.5) is 4.39 Å². The van der Waals surface area contributed by atoms with Gasteiger partial charge in [-0.15, -0.1) is 0 Å². The van der Waals surface area contributed by atoms with Crippen molar-refractivity contribution in [2.45, 2.75) is 51.9 Å². The Hall–Kier alpha value is -1.09. The van der Waals surface area contributed by atoms with Crippen molar-refractivity contribution in [3.05, 3.63) is 28.6 Å². The van der Waals surface area contributed by atoms with Crippen LogP contribution in [0.5, 0.6) is 5.75 Å². The number of methoxy groups -OCH3 is 1. The van der Waals surface area contributed by atoms with E-state index in [0.29, 0.717) is 11.7 Å². The van der Waals surface area contributed by atoms with E-state index < -0.39 is 0 Å². The predicted octanol–water partition coefficient (Wildman–Crippen LogP) is 3.80. The van der Waals surface area contributed by atoms with Gasteiger partial charge in [0.25, 0.3) is 0 Å². The largest absolute Gasteiger partial charge is 0.496 e. The highest BCUT2D eigenvalue weighted by atomic mass is 19.1. The van der Waals surface area contributed by atoms with E-state index in [1.165, 1.54) is 0 Å². The van der Waals surface area contributed by atoms with Gasteiger partial charge in [0.15, 0.2) is 0 Å². The first kappa shape index (κ1) is 15.3. The molecule has 2 rings (SSSR count). The lowest BCUT2D eigenvalue weighted by molar-refractivity contribution is 0.400. The molecule has 1 aliphatic carbocycles. The van der Waals surface area contributed by atoms with Crippen LogP contribution >= 0.6 is 0 Å². The molecule has 20 heavy (non-hydrogen) atoms. The average Bonchev–Trinajstić information content (AvgIpc) is 2.61. The summed E-state index contributed by atoms with van der Waals surface area (Å²) in [5.41, 5.74) is 8.43. The van der Waals surface area contributed by atoms with Gasteiger partial charge in [0, 0.05) is 5.56 Å². The molecule has 0 radical (unpaired) electrons. The van der Waals surface area contributed by atoms with Crippen molar-refractivity contribution in [2.24, 2.45) is 11.7 Å². The maximum Gasteiger partial charge on any atom is 0.133 e. The Balaban J connectivity index is 2.38. The topological polar surface area (TPSA) is 35.2 Å². The van der Waals surface area contributed by atoms with Crippen LogP contribution in [0, 0.1) is 11.7 Å². The quantitative estimate of drug-likeness (QED) is 0.851. The summed E-state index contributed by atoms with van der Waals surface area (Å²) in [6.07, 6.45) is 4.96. The van der Waals surface area contributed by atoms with Gasteiger partial charge in [0.1, 0.15) is 11.6 Å². The van der Waals surface area contributed by atoms with Crippen LogP contribution in [0.15, 0.2) is 6.07 Å². The summed E-state index contributed by atoms with van der Waals surface area (Å²) in [6, 6.07) is 2.05. The van der Waals surface area contributed by atoms with Crippen molar-refractivity contribution >= 4 is 0 Å². The highest BCUT2D eigenvalue weighted by Gasteiger charge is 2.24. The molecule has 0 saturated carbocycles. The van der Waals surface area contributed by atoms with E-state index in [2.05, 4.69) is 6.07 Å². The van der Waals surface area contributed by atoms with E-state index in [0.717, 1.165) is 55.3 Å². The number of benzene rings is 1. The first-order valence-corrected chi connectivity index (χ1v) is 7.66. The van der Waals surface area contributed by atoms with Crippen LogP contribution in [0.3, 0.4) is 0 Å². The van der Waals surface area contributed by atoms with Crippen LogP contribution in [-0.4, -0.2) is 13.7 Å². The highest BCUT2D eigenvalue weighted by Crippen LogP contribution is 2.37. The van der Waals surface area contributed by atoms with Gasteiger partial charge in [-0.25, -0.2) is 4.39 Å². The molecule has 1 aliphatic rings. The van der Waals surface area contributed by atoms with Crippen LogP contribution < -0.4 is 10.5 Å². The molecule has 0 amide bonds. The van der Waals surface area contributed by atoms with E-state index in [1.807, 2.05) is 13.8 Å². The van der Waals surface area contributed by atoms with Crippen molar-refractivity contribution in [1.82, 2.24) is 0 Å². The third-order valence-corrected chi connectivity index (χ3v) is 4.46. The van der Waals surface area contributed by atoms with Gasteiger partial charge in [0.2, 0.25) is 0 Å². The SMILES string of the molecule is COc1cc2c(c(F)c1C(C)C)CC[C@H](CCN)CC2. The van der Waals surface area contributed by atoms with Gasteiger partial charge >= 0.3 is 0 Å². The smallest absolute Gasteiger partial charge is 0.133 e. The molecule has 0 saturated heterocycles. The standard InChI is InChI=1S/C17H26FNO/c1-11(2)16-15(20-3)10-13-6-4-12(8-9-19)5-7-14(13)17(16)18/h10-12H,4-9,19H2,1-3H3/t12-/m1/s1. The molecule has 3 heteroatoms. The molecule has 1 aromatic carbocycles. The molecule has 0 aromatic heterocycles. The molecular weight excluding hydrogens is 253 g/mol. The van der Waals surface area contributed by atoms with E-state index in [4.69, 9.17) is 10.5 Å². The number of aryl methyl sites for hydroxylation is 1. The fourth-order valence-corrected chi connectivity index (χ4v) is 3.31. The number of rotatable bonds is 4. The first-order chi connectivity index (χ1) is 9.58. The Labute approximate surface area is 121 Å². The maximum atomic E-state index is 14.8. The van der Waals surface area contributed by atoms with Crippen molar-refractivity contribution in [3.63, 3.8) is 0 Å². The van der Waals surface area contributed by atoms with E-state index in [9.17, 15) is 4.39 Å². The Bertz CT molecular complexity index is 471. The first-order valence-electron chi connectivity index (χ1n) is 7.66. The summed E-state index contributed by atoms with van der Waals surface area (Å²) in [7, 11) is 1.63. The second-order valence-corrected chi connectivity index (χ2v) is 6.12. The molecule has 0 heterocycles. The number of hydrogen-bond acceptors (Lipinski definition) is 2. The third kappa shape index (κ3) is 2.98. The van der Waals surface area contributed by atoms with E-state index >= 15 is 0 Å². The zero-order valence-corrected chi connectivity index (χ0v) is 12.8. The van der Waals surface area contributed by atoms with Crippen molar-refractivity contribution in [2.75, 3.05) is 13.7 Å². The number of fused-ring (bicyclic) bond motifs is 1. The minimum atomic E-state index is -0.0391. The summed E-state index contributed by atoms with van der Waals surface area (Å²) in [4.78, 5) is 0. The van der Waals surface area contributed by atoms with Gasteiger partial charge in [-0.2, -0.15) is 0 Å². The number of ether oxygens (including phenoxy) is 1. The zero-order chi connectivity index (χ0) is 14.7. The minimum Gasteiger partial charge on any atom is -0.496 e. The Kier molecular flexibility index (Phi) is 5.03. The molecule has 0 aliphatic heterocycles. The van der Waals surface area contributed by atoms with Crippen LogP contribution in [0.1, 0.15) is 55.7 Å². The van der Waals surface area contributed by atoms with E-state index in [1.54, 1.807) is 7.11 Å². The molecule has 1 atom stereocenters. The lowest BCUT2D eigenvalue weighted by Crippen LogP contribution is -2.09. The predicted molar refractivity (Wildman–Crippen MR) is 80.8 cm³/mol. The molecular formula is C17H26FNO. The van der Waals surface area contributed by atoms with Gasteiger partial charge in [-0.1, -0.05) is 13.8 Å². The molecule has 1 aromatic rings. The highest BCUT2D eigenvalue weighted by molar-refractivity contribution is 5.46. The summed E-state index contributed by atoms with van der Waals surface area (Å²) in [5.74, 6) is 1.43. The van der Waals surface area contributed by atoms with Gasteiger partial charge < -0.3 is 10.5 Å². The lowest BCUT2D eigenvalue weighted by atomic mass is 9.93. The van der Waals surface area contributed by atoms with Crippen LogP contribution in [-0.2, 0) is 12.8 Å². The van der Waals surface area contributed by atoms with Gasteiger partial charge in [0.05, 0.1) is 7.11 Å². The fourth-order valence-electron chi connectivity index (χ4n) is 3.31. The molecule has 2 N–H and O–H groups in total. The second-order valence-electron chi connectivity index (χ2n) is 6.12. The minimum absolute atomic E-state index is 0.0391. The second kappa shape index (κ2) is 6.57. The van der Waals surface area contributed by atoms with Gasteiger partial charge in [-0.3, -0.25) is 0 Å². The van der Waals surface area contributed by atoms with Crippen molar-refractivity contribution < 1.29 is 9.13 Å². The number of hydrogen-bond donors (Lipinski definition) is 1. The average molecular weight is 279 g/mol. The monoisotopic (exact) mass is 279 g/mol. The van der Waals surface area contributed by atoms with Crippen molar-refractivity contribution in [3.8, 4) is 5.75 Å². The Morgan fingerprint density at radius 2 is 2.05 bits per heavy atom. The lowest BCUT2D eigenvalue weighted by Gasteiger charge is -2.18. The number of halogens is 1. The maximum absolute atomic E-state index is 14.8. The summed E-state index contributed by atoms with van der Waals surface area (Å²) in [6.45, 7) is 4.76. The Morgan fingerprint density at radius 1 is 1.35 bits per heavy atom. The van der Waals surface area contributed by atoms with Crippen LogP contribution in [0.25, 0.3) is 0 Å². The normalized spacial score (nSPS) is 18.8. The van der Waals surface area contributed by atoms with Crippen molar-refractivity contribution in [1.29, 1.82) is 0 Å². The summed E-state index contributed by atoms with van der Waals surface area (Å²) < 4.78 is 20.3. The summed E-state index contributed by atoms with van der Waals surface area (Å²) in [5, 5.41) is 0. The molecule has 0 fully saturated rings. The Morgan fingerprint density at radius 3 is 2.65 bits per heavy atom. The number of nitrogens with two attached hydrogens (primary N) is 1. The molecule has 0 spiro atoms. The third-order valence-electron chi connectivity index (χ3n) is 4.46. The summed E-state index contributed by atoms with van der Waals surface area (Å²) >= 11 is 0. The van der Waals surface area contributed by atoms with Gasteiger partial charge in [-0.05, 0) is 67.7 Å². The molecule has 2 nitrogen and oxygen atoms in total. The molecule has 0 unspecified atom stereocenters. The van der Waals surface area contributed by atoms with Crippen LogP contribution in [0.2, 0.25) is 0 Å². The van der Waals surface area contributed by atoms with E-state index in [-0.39, 0.29) is 11.7 Å².